The molecule has 0 radical (unpaired) electrons. The number of benzene rings is 2. The summed E-state index contributed by atoms with van der Waals surface area (Å²) in [7, 11) is -3.73. The van der Waals surface area contributed by atoms with Crippen LogP contribution in [0, 0.1) is 13.8 Å². The van der Waals surface area contributed by atoms with E-state index in [-0.39, 0.29) is 24.4 Å². The Morgan fingerprint density at radius 2 is 1.64 bits per heavy atom. The van der Waals surface area contributed by atoms with Gasteiger partial charge in [-0.3, -0.25) is 13.9 Å². The van der Waals surface area contributed by atoms with Gasteiger partial charge < -0.3 is 10.2 Å². The van der Waals surface area contributed by atoms with Crippen LogP contribution in [0.25, 0.3) is 0 Å². The Balaban J connectivity index is 1.88. The van der Waals surface area contributed by atoms with Gasteiger partial charge in [-0.05, 0) is 68.4 Å². The molecule has 0 heterocycles. The molecule has 8 heteroatoms. The number of aryl methyl sites for hydroxylation is 2. The van der Waals surface area contributed by atoms with E-state index in [4.69, 9.17) is 0 Å². The summed E-state index contributed by atoms with van der Waals surface area (Å²) in [6, 6.07) is 14.7. The van der Waals surface area contributed by atoms with Crippen molar-refractivity contribution in [2.24, 2.45) is 0 Å². The fourth-order valence-corrected chi connectivity index (χ4v) is 5.81. The first kappa shape index (κ1) is 27.7. The number of carbonyl (C=O) groups excluding carboxylic acids is 2. The molecule has 2 aromatic rings. The first-order valence-corrected chi connectivity index (χ1v) is 14.6. The first-order chi connectivity index (χ1) is 17.1. The molecule has 0 aromatic heterocycles. The minimum absolute atomic E-state index is 0.139. The molecule has 0 spiro atoms. The van der Waals surface area contributed by atoms with Gasteiger partial charge in [-0.1, -0.05) is 56.2 Å². The molecule has 1 aliphatic carbocycles. The van der Waals surface area contributed by atoms with Crippen molar-refractivity contribution in [2.75, 3.05) is 23.7 Å². The predicted octanol–water partition coefficient (Wildman–Crippen LogP) is 3.98. The molecule has 1 aliphatic rings. The topological polar surface area (TPSA) is 86.8 Å². The number of sulfonamides is 1. The van der Waals surface area contributed by atoms with E-state index in [0.29, 0.717) is 25.1 Å². The van der Waals surface area contributed by atoms with Crippen molar-refractivity contribution in [3.63, 3.8) is 0 Å². The lowest BCUT2D eigenvalue weighted by Crippen LogP contribution is -2.54. The third-order valence-electron chi connectivity index (χ3n) is 6.75. The summed E-state index contributed by atoms with van der Waals surface area (Å²) in [5.41, 5.74) is 3.33. The SMILES string of the molecule is CC[C@H](C(=O)NC1CCCC1)N(CCc1ccccc1)C(=O)CN(c1cc(C)cc(C)c1)S(C)(=O)=O. The summed E-state index contributed by atoms with van der Waals surface area (Å²) >= 11 is 0. The average molecular weight is 514 g/mol. The molecular formula is C28H39N3O4S. The first-order valence-electron chi connectivity index (χ1n) is 12.8. The van der Waals surface area contributed by atoms with Crippen LogP contribution >= 0.6 is 0 Å². The van der Waals surface area contributed by atoms with Gasteiger partial charge >= 0.3 is 0 Å². The van der Waals surface area contributed by atoms with E-state index >= 15 is 0 Å². The number of anilines is 1. The minimum Gasteiger partial charge on any atom is -0.352 e. The van der Waals surface area contributed by atoms with Gasteiger partial charge in [-0.25, -0.2) is 8.42 Å². The molecule has 0 aliphatic heterocycles. The van der Waals surface area contributed by atoms with Gasteiger partial charge in [-0.2, -0.15) is 0 Å². The van der Waals surface area contributed by atoms with Crippen molar-refractivity contribution in [1.29, 1.82) is 0 Å². The third kappa shape index (κ3) is 7.56. The fourth-order valence-electron chi connectivity index (χ4n) is 4.97. The number of nitrogens with one attached hydrogen (secondary N) is 1. The second-order valence-electron chi connectivity index (χ2n) is 9.85. The summed E-state index contributed by atoms with van der Waals surface area (Å²) in [6.07, 6.45) is 6.22. The average Bonchev–Trinajstić information content (AvgIpc) is 3.32. The van der Waals surface area contributed by atoms with E-state index in [1.807, 2.05) is 57.2 Å². The zero-order valence-electron chi connectivity index (χ0n) is 21.9. The highest BCUT2D eigenvalue weighted by Gasteiger charge is 2.32. The predicted molar refractivity (Wildman–Crippen MR) is 144 cm³/mol. The smallest absolute Gasteiger partial charge is 0.244 e. The Morgan fingerprint density at radius 3 is 2.19 bits per heavy atom. The molecule has 196 valence electrons. The molecule has 1 saturated carbocycles. The Bertz CT molecular complexity index is 1120. The number of hydrogen-bond acceptors (Lipinski definition) is 4. The highest BCUT2D eigenvalue weighted by Crippen LogP contribution is 2.23. The summed E-state index contributed by atoms with van der Waals surface area (Å²) in [5.74, 6) is -0.549. The van der Waals surface area contributed by atoms with Crippen LogP contribution in [-0.4, -0.2) is 56.6 Å². The highest BCUT2D eigenvalue weighted by atomic mass is 32.2. The third-order valence-corrected chi connectivity index (χ3v) is 7.89. The zero-order chi connectivity index (χ0) is 26.3. The molecule has 0 bridgehead atoms. The minimum atomic E-state index is -3.73. The summed E-state index contributed by atoms with van der Waals surface area (Å²) in [5, 5.41) is 3.13. The molecule has 0 unspecified atom stereocenters. The van der Waals surface area contributed by atoms with Gasteiger partial charge in [0.15, 0.2) is 0 Å². The number of hydrogen-bond donors (Lipinski definition) is 1. The van der Waals surface area contributed by atoms with Gasteiger partial charge in [0.1, 0.15) is 12.6 Å². The lowest BCUT2D eigenvalue weighted by Gasteiger charge is -2.33. The maximum Gasteiger partial charge on any atom is 0.244 e. The van der Waals surface area contributed by atoms with Crippen molar-refractivity contribution in [3.8, 4) is 0 Å². The second-order valence-corrected chi connectivity index (χ2v) is 11.8. The zero-order valence-corrected chi connectivity index (χ0v) is 22.7. The lowest BCUT2D eigenvalue weighted by atomic mass is 10.1. The van der Waals surface area contributed by atoms with E-state index in [9.17, 15) is 18.0 Å². The van der Waals surface area contributed by atoms with Crippen LogP contribution < -0.4 is 9.62 Å². The van der Waals surface area contributed by atoms with Crippen molar-refractivity contribution < 1.29 is 18.0 Å². The highest BCUT2D eigenvalue weighted by molar-refractivity contribution is 7.92. The maximum absolute atomic E-state index is 13.7. The van der Waals surface area contributed by atoms with E-state index in [1.165, 1.54) is 0 Å². The van der Waals surface area contributed by atoms with E-state index < -0.39 is 16.1 Å². The van der Waals surface area contributed by atoms with Gasteiger partial charge in [-0.15, -0.1) is 0 Å². The number of nitrogens with zero attached hydrogens (tertiary/aromatic N) is 2. The van der Waals surface area contributed by atoms with Crippen LogP contribution in [0.5, 0.6) is 0 Å². The Kier molecular flexibility index (Phi) is 9.54. The molecular weight excluding hydrogens is 474 g/mol. The summed E-state index contributed by atoms with van der Waals surface area (Å²) in [4.78, 5) is 28.6. The quantitative estimate of drug-likeness (QED) is 0.492. The molecule has 0 saturated heterocycles. The Hall–Kier alpha value is -2.87. The summed E-state index contributed by atoms with van der Waals surface area (Å²) < 4.78 is 26.7. The molecule has 2 aromatic carbocycles. The van der Waals surface area contributed by atoms with Crippen molar-refractivity contribution in [1.82, 2.24) is 10.2 Å². The molecule has 1 atom stereocenters. The van der Waals surface area contributed by atoms with E-state index in [2.05, 4.69) is 5.32 Å². The van der Waals surface area contributed by atoms with Crippen LogP contribution in [0.2, 0.25) is 0 Å². The lowest BCUT2D eigenvalue weighted by molar-refractivity contribution is -0.139. The number of carbonyl (C=O) groups is 2. The number of rotatable bonds is 11. The molecule has 36 heavy (non-hydrogen) atoms. The number of amides is 2. The van der Waals surface area contributed by atoms with Crippen molar-refractivity contribution >= 4 is 27.5 Å². The monoisotopic (exact) mass is 513 g/mol. The summed E-state index contributed by atoms with van der Waals surface area (Å²) in [6.45, 7) is 5.64. The van der Waals surface area contributed by atoms with Crippen molar-refractivity contribution in [3.05, 3.63) is 65.2 Å². The maximum atomic E-state index is 13.7. The Morgan fingerprint density at radius 1 is 1.03 bits per heavy atom. The molecule has 1 fully saturated rings. The van der Waals surface area contributed by atoms with Crippen LogP contribution in [0.1, 0.15) is 55.7 Å². The largest absolute Gasteiger partial charge is 0.352 e. The van der Waals surface area contributed by atoms with E-state index in [0.717, 1.165) is 52.9 Å². The van der Waals surface area contributed by atoms with Crippen LogP contribution in [0.15, 0.2) is 48.5 Å². The van der Waals surface area contributed by atoms with E-state index in [1.54, 1.807) is 17.0 Å². The van der Waals surface area contributed by atoms with Gasteiger partial charge in [0.05, 0.1) is 11.9 Å². The molecule has 7 nitrogen and oxygen atoms in total. The van der Waals surface area contributed by atoms with Gasteiger partial charge in [0, 0.05) is 12.6 Å². The molecule has 1 N–H and O–H groups in total. The fraction of sp³-hybridized carbons (Fsp3) is 0.500. The van der Waals surface area contributed by atoms with Gasteiger partial charge in [0.2, 0.25) is 21.8 Å². The van der Waals surface area contributed by atoms with Crippen LogP contribution in [0.4, 0.5) is 5.69 Å². The van der Waals surface area contributed by atoms with Crippen molar-refractivity contribution in [2.45, 2.75) is 71.4 Å². The second kappa shape index (κ2) is 12.4. The molecule has 2 amide bonds. The van der Waals surface area contributed by atoms with Crippen LogP contribution in [0.3, 0.4) is 0 Å². The van der Waals surface area contributed by atoms with Crippen LogP contribution in [-0.2, 0) is 26.0 Å². The normalized spacial score (nSPS) is 14.9. The molecule has 3 rings (SSSR count). The van der Waals surface area contributed by atoms with Gasteiger partial charge in [0.25, 0.3) is 0 Å². The Labute approximate surface area is 215 Å². The standard InChI is InChI=1S/C28H39N3O4S/c1-5-26(28(33)29-24-13-9-10-14-24)30(16-15-23-11-7-6-8-12-23)27(32)20-31(36(4,34)35)25-18-21(2)17-22(3)19-25/h6-8,11-12,17-19,24,26H,5,9-10,13-16,20H2,1-4H3,(H,29,33)/t26-/m1/s1.